The highest BCUT2D eigenvalue weighted by Crippen LogP contribution is 2.37. The topological polar surface area (TPSA) is 90.0 Å². The van der Waals surface area contributed by atoms with Gasteiger partial charge in [0.2, 0.25) is 11.8 Å². The first kappa shape index (κ1) is 15.8. The zero-order chi connectivity index (χ0) is 15.2. The largest absolute Gasteiger partial charge is 0.483 e. The van der Waals surface area contributed by atoms with Crippen molar-refractivity contribution in [3.05, 3.63) is 0 Å². The van der Waals surface area contributed by atoms with Crippen molar-refractivity contribution in [2.75, 3.05) is 32.7 Å². The van der Waals surface area contributed by atoms with E-state index in [0.29, 0.717) is 25.7 Å². The summed E-state index contributed by atoms with van der Waals surface area (Å²) in [6.45, 7) is 2.97. The maximum Gasteiger partial charge on any atom is 0.290 e. The molecule has 0 aromatic rings. The minimum absolute atomic E-state index is 0.0243. The number of carbonyl (C=O) groups excluding carboxylic acids is 2. The molecule has 2 saturated heterocycles. The highest BCUT2D eigenvalue weighted by atomic mass is 16.3. The lowest BCUT2D eigenvalue weighted by Crippen LogP contribution is -2.45. The van der Waals surface area contributed by atoms with Crippen molar-refractivity contribution >= 4 is 18.3 Å². The molecule has 21 heavy (non-hydrogen) atoms. The van der Waals surface area contributed by atoms with Crippen LogP contribution >= 0.6 is 0 Å². The lowest BCUT2D eigenvalue weighted by Gasteiger charge is -2.28. The van der Waals surface area contributed by atoms with Gasteiger partial charge in [0.15, 0.2) is 0 Å². The Bertz CT molecular complexity index is 402. The van der Waals surface area contributed by atoms with Gasteiger partial charge in [-0.05, 0) is 31.6 Å². The molecule has 1 aliphatic carbocycles. The van der Waals surface area contributed by atoms with E-state index in [-0.39, 0.29) is 24.8 Å². The molecule has 0 unspecified atom stereocenters. The van der Waals surface area contributed by atoms with Gasteiger partial charge in [0.25, 0.3) is 6.47 Å². The Morgan fingerprint density at radius 2 is 2.19 bits per heavy atom. The van der Waals surface area contributed by atoms with E-state index in [0.717, 1.165) is 18.9 Å². The minimum Gasteiger partial charge on any atom is -0.483 e. The summed E-state index contributed by atoms with van der Waals surface area (Å²) in [5.41, 5.74) is 0. The maximum atomic E-state index is 12.2. The summed E-state index contributed by atoms with van der Waals surface area (Å²) >= 11 is 0. The third kappa shape index (κ3) is 4.17. The number of carboxylic acid groups (broad SMARTS) is 1. The molecule has 0 spiro atoms. The molecule has 2 amide bonds. The highest BCUT2D eigenvalue weighted by molar-refractivity contribution is 5.86. The van der Waals surface area contributed by atoms with E-state index >= 15 is 0 Å². The Morgan fingerprint density at radius 3 is 2.81 bits per heavy atom. The smallest absolute Gasteiger partial charge is 0.290 e. The van der Waals surface area contributed by atoms with E-state index in [1.54, 1.807) is 4.90 Å². The molecule has 2 aliphatic heterocycles. The van der Waals surface area contributed by atoms with Crippen molar-refractivity contribution in [3.63, 3.8) is 0 Å². The van der Waals surface area contributed by atoms with E-state index in [4.69, 9.17) is 9.90 Å². The van der Waals surface area contributed by atoms with Gasteiger partial charge in [-0.3, -0.25) is 19.3 Å². The Kier molecular flexibility index (Phi) is 5.55. The first-order valence-electron chi connectivity index (χ1n) is 7.50. The summed E-state index contributed by atoms with van der Waals surface area (Å²) in [5.74, 6) is 0.915. The number of fused-ring (bicyclic) bond motifs is 2. The number of likely N-dealkylation sites (tertiary alicyclic amines) is 1. The molecule has 3 fully saturated rings. The molecule has 2 heterocycles. The van der Waals surface area contributed by atoms with Gasteiger partial charge in [-0.25, -0.2) is 0 Å². The van der Waals surface area contributed by atoms with Gasteiger partial charge in [-0.1, -0.05) is 0 Å². The fraction of sp³-hybridized carbons (Fsp3) is 0.786. The summed E-state index contributed by atoms with van der Waals surface area (Å²) < 4.78 is 0. The van der Waals surface area contributed by atoms with Gasteiger partial charge in [0.1, 0.15) is 0 Å². The van der Waals surface area contributed by atoms with Crippen LogP contribution in [-0.2, 0) is 14.4 Å². The Hall–Kier alpha value is -1.63. The number of piperidine rings is 1. The number of carbonyl (C=O) groups is 3. The maximum absolute atomic E-state index is 12.2. The molecule has 2 bridgehead atoms. The summed E-state index contributed by atoms with van der Waals surface area (Å²) in [6.07, 6.45) is 4.72. The van der Waals surface area contributed by atoms with Gasteiger partial charge >= 0.3 is 0 Å². The molecule has 3 rings (SSSR count). The minimum atomic E-state index is -0.250. The zero-order valence-electron chi connectivity index (χ0n) is 12.2. The second-order valence-corrected chi connectivity index (χ2v) is 5.89. The van der Waals surface area contributed by atoms with Crippen LogP contribution in [0.3, 0.4) is 0 Å². The molecule has 0 aromatic carbocycles. The number of hydrogen-bond acceptors (Lipinski definition) is 4. The first-order chi connectivity index (χ1) is 10.1. The molecule has 7 heteroatoms. The standard InChI is InChI=1S/C13H21N3O2.CH2O2/c17-12-8-15(5-1-4-14-12)13(18)9-16-7-10-2-3-11(16)6-10;2-1-3/h10-11H,1-9H2,(H,14,17);1H,(H,2,3)/t10-,11+;/m1./s1. The van der Waals surface area contributed by atoms with Gasteiger partial charge in [0, 0.05) is 25.7 Å². The normalized spacial score (nSPS) is 28.4. The average molecular weight is 297 g/mol. The summed E-state index contributed by atoms with van der Waals surface area (Å²) in [6, 6.07) is 0.625. The van der Waals surface area contributed by atoms with Crippen molar-refractivity contribution in [2.24, 2.45) is 5.92 Å². The van der Waals surface area contributed by atoms with E-state index < -0.39 is 0 Å². The monoisotopic (exact) mass is 297 g/mol. The summed E-state index contributed by atoms with van der Waals surface area (Å²) in [7, 11) is 0. The van der Waals surface area contributed by atoms with Gasteiger partial charge in [0.05, 0.1) is 13.1 Å². The predicted octanol–water partition coefficient (Wildman–Crippen LogP) is -0.480. The molecular formula is C14H23N3O4. The lowest BCUT2D eigenvalue weighted by molar-refractivity contribution is -0.136. The predicted molar refractivity (Wildman–Crippen MR) is 75.6 cm³/mol. The fourth-order valence-corrected chi connectivity index (χ4v) is 3.51. The average Bonchev–Trinajstić information content (AvgIpc) is 2.98. The van der Waals surface area contributed by atoms with Crippen molar-refractivity contribution in [3.8, 4) is 0 Å². The van der Waals surface area contributed by atoms with E-state index in [1.165, 1.54) is 19.3 Å². The van der Waals surface area contributed by atoms with Crippen LogP contribution in [0.4, 0.5) is 0 Å². The Balaban J connectivity index is 0.000000497. The quantitative estimate of drug-likeness (QED) is 0.672. The lowest BCUT2D eigenvalue weighted by atomic mass is 10.1. The molecule has 1 saturated carbocycles. The van der Waals surface area contributed by atoms with Crippen LogP contribution < -0.4 is 5.32 Å². The molecule has 7 nitrogen and oxygen atoms in total. The van der Waals surface area contributed by atoms with Crippen LogP contribution in [0.15, 0.2) is 0 Å². The molecule has 0 radical (unpaired) electrons. The number of hydrogen-bond donors (Lipinski definition) is 2. The van der Waals surface area contributed by atoms with Gasteiger partial charge in [-0.15, -0.1) is 0 Å². The van der Waals surface area contributed by atoms with E-state index in [2.05, 4.69) is 10.2 Å². The molecule has 2 N–H and O–H groups in total. The second kappa shape index (κ2) is 7.40. The number of amides is 2. The molecule has 0 aromatic heterocycles. The van der Waals surface area contributed by atoms with Crippen LogP contribution in [-0.4, -0.2) is 72.0 Å². The zero-order valence-corrected chi connectivity index (χ0v) is 12.2. The van der Waals surface area contributed by atoms with Crippen molar-refractivity contribution in [2.45, 2.75) is 31.7 Å². The van der Waals surface area contributed by atoms with Crippen LogP contribution in [0, 0.1) is 5.92 Å². The van der Waals surface area contributed by atoms with Crippen molar-refractivity contribution < 1.29 is 19.5 Å². The molecule has 118 valence electrons. The van der Waals surface area contributed by atoms with E-state index in [1.807, 2.05) is 0 Å². The Labute approximate surface area is 124 Å². The Morgan fingerprint density at radius 1 is 1.43 bits per heavy atom. The van der Waals surface area contributed by atoms with Crippen molar-refractivity contribution in [1.82, 2.24) is 15.1 Å². The van der Waals surface area contributed by atoms with E-state index in [9.17, 15) is 9.59 Å². The molecule has 2 atom stereocenters. The molecule has 3 aliphatic rings. The van der Waals surface area contributed by atoms with Crippen LogP contribution in [0.1, 0.15) is 25.7 Å². The van der Waals surface area contributed by atoms with Gasteiger partial charge < -0.3 is 15.3 Å². The van der Waals surface area contributed by atoms with Crippen LogP contribution in [0.2, 0.25) is 0 Å². The highest BCUT2D eigenvalue weighted by Gasteiger charge is 2.38. The van der Waals surface area contributed by atoms with Crippen LogP contribution in [0.5, 0.6) is 0 Å². The van der Waals surface area contributed by atoms with Gasteiger partial charge in [-0.2, -0.15) is 0 Å². The first-order valence-corrected chi connectivity index (χ1v) is 7.50. The van der Waals surface area contributed by atoms with Crippen molar-refractivity contribution in [1.29, 1.82) is 0 Å². The number of nitrogens with zero attached hydrogens (tertiary/aromatic N) is 2. The molecular weight excluding hydrogens is 274 g/mol. The third-order valence-electron chi connectivity index (χ3n) is 4.48. The third-order valence-corrected chi connectivity index (χ3v) is 4.48. The van der Waals surface area contributed by atoms with Crippen LogP contribution in [0.25, 0.3) is 0 Å². The number of rotatable bonds is 2. The summed E-state index contributed by atoms with van der Waals surface area (Å²) in [4.78, 5) is 36.1. The second-order valence-electron chi connectivity index (χ2n) is 5.89. The fourth-order valence-electron chi connectivity index (χ4n) is 3.51. The SMILES string of the molecule is O=C1CN(C(=O)CN2C[C@@H]3CC[C@H]2C3)CCCN1.O=CO. The number of nitrogens with one attached hydrogen (secondary N) is 1. The summed E-state index contributed by atoms with van der Waals surface area (Å²) in [5, 5.41) is 9.69.